The second-order valence-electron chi connectivity index (χ2n) is 3.25. The highest BCUT2D eigenvalue weighted by Gasteiger charge is 2.17. The van der Waals surface area contributed by atoms with Crippen molar-refractivity contribution in [3.05, 3.63) is 34.1 Å². The molecular weight excluding hydrogens is 279 g/mol. The summed E-state index contributed by atoms with van der Waals surface area (Å²) in [6.07, 6.45) is 0. The van der Waals surface area contributed by atoms with Gasteiger partial charge in [0.25, 0.3) is 5.91 Å². The fourth-order valence-corrected chi connectivity index (χ4v) is 1.51. The summed E-state index contributed by atoms with van der Waals surface area (Å²) in [4.78, 5) is 23.4. The van der Waals surface area contributed by atoms with E-state index in [1.54, 1.807) is 6.07 Å². The van der Waals surface area contributed by atoms with Crippen molar-refractivity contribution in [3.63, 3.8) is 0 Å². The van der Waals surface area contributed by atoms with E-state index in [9.17, 15) is 14.0 Å². The SMILES string of the molecule is CN(CC(N)=O)C(=O)c1ccc(Br)cc1F. The van der Waals surface area contributed by atoms with E-state index < -0.39 is 17.6 Å². The molecule has 0 aliphatic carbocycles. The highest BCUT2D eigenvalue weighted by Crippen LogP contribution is 2.16. The van der Waals surface area contributed by atoms with Crippen LogP contribution in [0.15, 0.2) is 22.7 Å². The smallest absolute Gasteiger partial charge is 0.257 e. The van der Waals surface area contributed by atoms with Crippen LogP contribution in [0.2, 0.25) is 0 Å². The van der Waals surface area contributed by atoms with Crippen LogP contribution < -0.4 is 5.73 Å². The van der Waals surface area contributed by atoms with Crippen LogP contribution in [0.5, 0.6) is 0 Å². The molecule has 0 spiro atoms. The minimum atomic E-state index is -0.645. The average Bonchev–Trinajstić information content (AvgIpc) is 2.15. The third kappa shape index (κ3) is 3.03. The molecule has 1 aromatic carbocycles. The van der Waals surface area contributed by atoms with Gasteiger partial charge in [0.15, 0.2) is 0 Å². The first kappa shape index (κ1) is 12.6. The molecule has 2 N–H and O–H groups in total. The van der Waals surface area contributed by atoms with Crippen LogP contribution in [0.4, 0.5) is 4.39 Å². The normalized spacial score (nSPS) is 9.94. The van der Waals surface area contributed by atoms with Crippen molar-refractivity contribution < 1.29 is 14.0 Å². The Labute approximate surface area is 100 Å². The minimum Gasteiger partial charge on any atom is -0.368 e. The van der Waals surface area contributed by atoms with Gasteiger partial charge >= 0.3 is 0 Å². The van der Waals surface area contributed by atoms with Crippen molar-refractivity contribution >= 4 is 27.7 Å². The third-order valence-electron chi connectivity index (χ3n) is 1.90. The van der Waals surface area contributed by atoms with Gasteiger partial charge in [-0.15, -0.1) is 0 Å². The van der Waals surface area contributed by atoms with Crippen LogP contribution in [0.3, 0.4) is 0 Å². The van der Waals surface area contributed by atoms with Crippen molar-refractivity contribution in [1.82, 2.24) is 4.90 Å². The molecule has 0 saturated carbocycles. The summed E-state index contributed by atoms with van der Waals surface area (Å²) in [7, 11) is 1.38. The summed E-state index contributed by atoms with van der Waals surface area (Å²) in [5.41, 5.74) is 4.85. The summed E-state index contributed by atoms with van der Waals surface area (Å²) in [6.45, 7) is -0.242. The molecule has 0 fully saturated rings. The number of hydrogen-bond donors (Lipinski definition) is 1. The summed E-state index contributed by atoms with van der Waals surface area (Å²) in [5.74, 6) is -1.87. The maximum atomic E-state index is 13.4. The fourth-order valence-electron chi connectivity index (χ4n) is 1.17. The minimum absolute atomic E-state index is 0.0908. The average molecular weight is 289 g/mol. The fraction of sp³-hybridized carbons (Fsp3) is 0.200. The van der Waals surface area contributed by atoms with Gasteiger partial charge in [-0.05, 0) is 18.2 Å². The Bertz CT molecular complexity index is 437. The number of nitrogens with two attached hydrogens (primary N) is 1. The van der Waals surface area contributed by atoms with Gasteiger partial charge in [-0.1, -0.05) is 15.9 Å². The molecule has 0 radical (unpaired) electrons. The lowest BCUT2D eigenvalue weighted by molar-refractivity contribution is -0.118. The Balaban J connectivity index is 2.92. The molecule has 0 atom stereocenters. The van der Waals surface area contributed by atoms with Crippen molar-refractivity contribution in [2.75, 3.05) is 13.6 Å². The number of carbonyl (C=O) groups excluding carboxylic acids is 2. The number of hydrogen-bond acceptors (Lipinski definition) is 2. The molecule has 0 unspecified atom stereocenters. The molecule has 0 aliphatic rings. The Kier molecular flexibility index (Phi) is 4.00. The summed E-state index contributed by atoms with van der Waals surface area (Å²) in [5, 5.41) is 0. The van der Waals surface area contributed by atoms with Crippen LogP contribution >= 0.6 is 15.9 Å². The predicted molar refractivity (Wildman–Crippen MR) is 60.3 cm³/mol. The molecule has 1 rings (SSSR count). The van der Waals surface area contributed by atoms with Gasteiger partial charge in [-0.2, -0.15) is 0 Å². The van der Waals surface area contributed by atoms with Gasteiger partial charge < -0.3 is 10.6 Å². The zero-order chi connectivity index (χ0) is 12.3. The van der Waals surface area contributed by atoms with Crippen LogP contribution in [-0.2, 0) is 4.79 Å². The van der Waals surface area contributed by atoms with E-state index in [0.717, 1.165) is 4.90 Å². The third-order valence-corrected chi connectivity index (χ3v) is 2.39. The number of benzene rings is 1. The molecule has 0 heterocycles. The summed E-state index contributed by atoms with van der Waals surface area (Å²) >= 11 is 3.08. The van der Waals surface area contributed by atoms with Gasteiger partial charge in [0.2, 0.25) is 5.91 Å². The topological polar surface area (TPSA) is 63.4 Å². The van der Waals surface area contributed by atoms with E-state index in [1.807, 2.05) is 0 Å². The van der Waals surface area contributed by atoms with Crippen molar-refractivity contribution in [1.29, 1.82) is 0 Å². The number of amides is 2. The predicted octanol–water partition coefficient (Wildman–Crippen LogP) is 1.15. The first-order valence-corrected chi connectivity index (χ1v) is 5.20. The van der Waals surface area contributed by atoms with E-state index in [2.05, 4.69) is 15.9 Å². The van der Waals surface area contributed by atoms with Gasteiger partial charge in [-0.3, -0.25) is 9.59 Å². The number of rotatable bonds is 3. The number of nitrogens with zero attached hydrogens (tertiary/aromatic N) is 1. The summed E-state index contributed by atoms with van der Waals surface area (Å²) in [6, 6.07) is 4.08. The molecule has 1 aromatic rings. The lowest BCUT2D eigenvalue weighted by Crippen LogP contribution is -2.35. The largest absolute Gasteiger partial charge is 0.368 e. The number of carbonyl (C=O) groups is 2. The molecule has 16 heavy (non-hydrogen) atoms. The Morgan fingerprint density at radius 1 is 1.50 bits per heavy atom. The van der Waals surface area contributed by atoms with Crippen LogP contribution in [-0.4, -0.2) is 30.3 Å². The first-order valence-electron chi connectivity index (χ1n) is 4.40. The molecule has 4 nitrogen and oxygen atoms in total. The van der Waals surface area contributed by atoms with Crippen molar-refractivity contribution in [2.45, 2.75) is 0 Å². The number of likely N-dealkylation sites (N-methyl/N-ethyl adjacent to an activating group) is 1. The van der Waals surface area contributed by atoms with E-state index in [0.29, 0.717) is 4.47 Å². The van der Waals surface area contributed by atoms with Crippen LogP contribution in [0.1, 0.15) is 10.4 Å². The molecule has 0 aromatic heterocycles. The molecule has 86 valence electrons. The van der Waals surface area contributed by atoms with E-state index in [1.165, 1.54) is 19.2 Å². The molecular formula is C10H10BrFN2O2. The van der Waals surface area contributed by atoms with Gasteiger partial charge in [-0.25, -0.2) is 4.39 Å². The molecule has 0 bridgehead atoms. The van der Waals surface area contributed by atoms with Crippen LogP contribution in [0, 0.1) is 5.82 Å². The Morgan fingerprint density at radius 2 is 2.12 bits per heavy atom. The quantitative estimate of drug-likeness (QED) is 0.907. The molecule has 0 aliphatic heterocycles. The van der Waals surface area contributed by atoms with E-state index in [-0.39, 0.29) is 12.1 Å². The highest BCUT2D eigenvalue weighted by molar-refractivity contribution is 9.10. The zero-order valence-electron chi connectivity index (χ0n) is 8.54. The second kappa shape index (κ2) is 5.07. The Hall–Kier alpha value is -1.43. The number of primary amides is 1. The van der Waals surface area contributed by atoms with E-state index >= 15 is 0 Å². The van der Waals surface area contributed by atoms with Crippen molar-refractivity contribution in [2.24, 2.45) is 5.73 Å². The lowest BCUT2D eigenvalue weighted by atomic mass is 10.2. The van der Waals surface area contributed by atoms with Crippen LogP contribution in [0.25, 0.3) is 0 Å². The molecule has 2 amide bonds. The number of halogens is 2. The maximum absolute atomic E-state index is 13.4. The highest BCUT2D eigenvalue weighted by atomic mass is 79.9. The Morgan fingerprint density at radius 3 is 2.62 bits per heavy atom. The maximum Gasteiger partial charge on any atom is 0.257 e. The van der Waals surface area contributed by atoms with Crippen molar-refractivity contribution in [3.8, 4) is 0 Å². The molecule has 0 saturated heterocycles. The summed E-state index contributed by atoms with van der Waals surface area (Å²) < 4.78 is 13.9. The zero-order valence-corrected chi connectivity index (χ0v) is 10.1. The lowest BCUT2D eigenvalue weighted by Gasteiger charge is -2.15. The monoisotopic (exact) mass is 288 g/mol. The first-order chi connectivity index (χ1) is 7.41. The second-order valence-corrected chi connectivity index (χ2v) is 4.17. The van der Waals surface area contributed by atoms with Gasteiger partial charge in [0, 0.05) is 11.5 Å². The van der Waals surface area contributed by atoms with Gasteiger partial charge in [0.1, 0.15) is 5.82 Å². The standard InChI is InChI=1S/C10H10BrFN2O2/c1-14(5-9(13)15)10(16)7-3-2-6(11)4-8(7)12/h2-4H,5H2,1H3,(H2,13,15). The van der Waals surface area contributed by atoms with Gasteiger partial charge in [0.05, 0.1) is 12.1 Å². The molecule has 6 heteroatoms. The van der Waals surface area contributed by atoms with E-state index in [4.69, 9.17) is 5.73 Å².